The van der Waals surface area contributed by atoms with Crippen molar-refractivity contribution in [1.82, 2.24) is 9.97 Å². The maximum atomic E-state index is 13.7. The minimum absolute atomic E-state index is 0.221. The van der Waals surface area contributed by atoms with Gasteiger partial charge in [-0.3, -0.25) is 14.9 Å². The number of pyridine rings is 2. The highest BCUT2D eigenvalue weighted by atomic mass is 16.6. The summed E-state index contributed by atoms with van der Waals surface area (Å²) >= 11 is 0. The molecule has 4 rings (SSSR count). The molecule has 0 aliphatic carbocycles. The van der Waals surface area contributed by atoms with Crippen LogP contribution < -0.4 is 9.64 Å². The number of rotatable bonds is 5. The van der Waals surface area contributed by atoms with Gasteiger partial charge in [0.2, 0.25) is 0 Å². The first kappa shape index (κ1) is 25.2. The Hall–Kier alpha value is -3.93. The summed E-state index contributed by atoms with van der Waals surface area (Å²) in [5, 5.41) is 0.859. The molecule has 0 aliphatic rings. The van der Waals surface area contributed by atoms with Crippen molar-refractivity contribution >= 4 is 22.7 Å². The third-order valence-corrected chi connectivity index (χ3v) is 6.12. The highest BCUT2D eigenvalue weighted by molar-refractivity contribution is 6.02. The number of aryl methyl sites for hydroxylation is 2. The summed E-state index contributed by atoms with van der Waals surface area (Å²) < 4.78 is 11.5. The Morgan fingerprint density at radius 1 is 0.972 bits per heavy atom. The first-order chi connectivity index (χ1) is 17.1. The van der Waals surface area contributed by atoms with Crippen LogP contribution in [0.5, 0.6) is 5.75 Å². The lowest BCUT2D eigenvalue weighted by Crippen LogP contribution is -2.37. The highest BCUT2D eigenvalue weighted by Gasteiger charge is 2.27. The summed E-state index contributed by atoms with van der Waals surface area (Å²) in [7, 11) is 1.65. The van der Waals surface area contributed by atoms with E-state index in [-0.39, 0.29) is 6.54 Å². The number of anilines is 1. The van der Waals surface area contributed by atoms with Crippen molar-refractivity contribution in [2.75, 3.05) is 12.0 Å². The molecule has 36 heavy (non-hydrogen) atoms. The van der Waals surface area contributed by atoms with Gasteiger partial charge < -0.3 is 9.47 Å². The van der Waals surface area contributed by atoms with Crippen LogP contribution in [0.3, 0.4) is 0 Å². The second-order valence-electron chi connectivity index (χ2n) is 9.99. The largest absolute Gasteiger partial charge is 0.496 e. The predicted molar refractivity (Wildman–Crippen MR) is 145 cm³/mol. The third kappa shape index (κ3) is 5.18. The van der Waals surface area contributed by atoms with Crippen molar-refractivity contribution in [3.63, 3.8) is 0 Å². The van der Waals surface area contributed by atoms with Gasteiger partial charge in [-0.05, 0) is 82.5 Å². The molecule has 186 valence electrons. The Bertz CT molecular complexity index is 1420. The molecule has 0 radical (unpaired) electrons. The lowest BCUT2D eigenvalue weighted by molar-refractivity contribution is 0.0577. The maximum Gasteiger partial charge on any atom is 0.415 e. The molecule has 0 unspecified atom stereocenters. The molecule has 0 saturated heterocycles. The molecule has 2 aromatic carbocycles. The Labute approximate surface area is 212 Å². The highest BCUT2D eigenvalue weighted by Crippen LogP contribution is 2.36. The molecule has 2 heterocycles. The van der Waals surface area contributed by atoms with Gasteiger partial charge in [-0.1, -0.05) is 24.3 Å². The van der Waals surface area contributed by atoms with E-state index in [9.17, 15) is 4.79 Å². The number of carbonyl (C=O) groups excluding carboxylic acids is 1. The smallest absolute Gasteiger partial charge is 0.415 e. The number of hydrogen-bond acceptors (Lipinski definition) is 5. The number of hydrogen-bond donors (Lipinski definition) is 0. The minimum atomic E-state index is -0.662. The van der Waals surface area contributed by atoms with E-state index in [1.54, 1.807) is 24.4 Å². The van der Waals surface area contributed by atoms with Crippen LogP contribution in [0.15, 0.2) is 60.9 Å². The number of carbonyl (C=O) groups is 1. The Morgan fingerprint density at radius 3 is 2.42 bits per heavy atom. The van der Waals surface area contributed by atoms with E-state index in [1.165, 1.54) is 0 Å². The molecule has 6 heteroatoms. The Kier molecular flexibility index (Phi) is 6.97. The average Bonchev–Trinajstić information content (AvgIpc) is 2.82. The zero-order valence-electron chi connectivity index (χ0n) is 22.0. The number of nitrogens with zero attached hydrogens (tertiary/aromatic N) is 3. The molecule has 0 N–H and O–H groups in total. The van der Waals surface area contributed by atoms with Gasteiger partial charge >= 0.3 is 6.09 Å². The van der Waals surface area contributed by atoms with Crippen molar-refractivity contribution < 1.29 is 14.3 Å². The molecule has 0 saturated carbocycles. The van der Waals surface area contributed by atoms with Crippen LogP contribution in [0.4, 0.5) is 10.5 Å². The maximum absolute atomic E-state index is 13.7. The topological polar surface area (TPSA) is 64.5 Å². The fraction of sp³-hybridized carbons (Fsp3) is 0.300. The second-order valence-corrected chi connectivity index (χ2v) is 9.99. The second kappa shape index (κ2) is 9.97. The fourth-order valence-corrected chi connectivity index (χ4v) is 4.38. The lowest BCUT2D eigenvalue weighted by Gasteiger charge is -2.29. The molecule has 1 amide bonds. The molecule has 0 fully saturated rings. The molecule has 4 aromatic rings. The average molecular weight is 484 g/mol. The van der Waals surface area contributed by atoms with Crippen LogP contribution >= 0.6 is 0 Å². The molecular weight excluding hydrogens is 450 g/mol. The summed E-state index contributed by atoms with van der Waals surface area (Å²) in [5.41, 5.74) is 6.63. The quantitative estimate of drug-likeness (QED) is 0.301. The number of amides is 1. The molecule has 2 aromatic heterocycles. The Morgan fingerprint density at radius 2 is 1.72 bits per heavy atom. The summed E-state index contributed by atoms with van der Waals surface area (Å²) in [6, 6.07) is 16.2. The van der Waals surface area contributed by atoms with Crippen LogP contribution in [0.2, 0.25) is 0 Å². The molecule has 0 aliphatic heterocycles. The van der Waals surface area contributed by atoms with Gasteiger partial charge in [0.1, 0.15) is 11.4 Å². The first-order valence-corrected chi connectivity index (χ1v) is 12.0. The number of aromatic nitrogens is 2. The van der Waals surface area contributed by atoms with Crippen LogP contribution in [-0.2, 0) is 11.3 Å². The monoisotopic (exact) mass is 483 g/mol. The van der Waals surface area contributed by atoms with E-state index >= 15 is 0 Å². The zero-order valence-corrected chi connectivity index (χ0v) is 22.0. The van der Waals surface area contributed by atoms with E-state index in [0.717, 1.165) is 50.2 Å². The van der Waals surface area contributed by atoms with Crippen molar-refractivity contribution in [3.8, 4) is 16.9 Å². The molecule has 0 bridgehead atoms. The number of benzene rings is 2. The van der Waals surface area contributed by atoms with Gasteiger partial charge in [0, 0.05) is 28.9 Å². The van der Waals surface area contributed by atoms with Crippen molar-refractivity contribution in [2.45, 2.75) is 53.7 Å². The SMILES string of the molecule is COc1c(C)cnc(CN(C(=O)OC(C)(C)C)c2cc(-c3ccccc3C)cc3ncccc23)c1C. The van der Waals surface area contributed by atoms with Crippen molar-refractivity contribution in [2.24, 2.45) is 0 Å². The summed E-state index contributed by atoms with van der Waals surface area (Å²) in [6.07, 6.45) is 3.09. The summed E-state index contributed by atoms with van der Waals surface area (Å²) in [5.74, 6) is 0.768. The van der Waals surface area contributed by atoms with Crippen molar-refractivity contribution in [1.29, 1.82) is 0 Å². The summed E-state index contributed by atoms with van der Waals surface area (Å²) in [4.78, 5) is 24.6. The van der Waals surface area contributed by atoms with E-state index in [2.05, 4.69) is 35.1 Å². The van der Waals surface area contributed by atoms with E-state index < -0.39 is 11.7 Å². The molecule has 0 atom stereocenters. The third-order valence-electron chi connectivity index (χ3n) is 6.12. The van der Waals surface area contributed by atoms with Gasteiger partial charge in [-0.15, -0.1) is 0 Å². The van der Waals surface area contributed by atoms with E-state index in [0.29, 0.717) is 5.69 Å². The number of methoxy groups -OCH3 is 1. The predicted octanol–water partition coefficient (Wildman–Crippen LogP) is 7.17. The molecular formula is C30H33N3O3. The lowest BCUT2D eigenvalue weighted by atomic mass is 9.98. The zero-order chi connectivity index (χ0) is 26.0. The first-order valence-electron chi connectivity index (χ1n) is 12.0. The van der Waals surface area contributed by atoms with Gasteiger partial charge in [0.15, 0.2) is 0 Å². The van der Waals surface area contributed by atoms with Crippen LogP contribution in [-0.4, -0.2) is 28.8 Å². The number of fused-ring (bicyclic) bond motifs is 1. The fourth-order valence-electron chi connectivity index (χ4n) is 4.38. The number of ether oxygens (including phenoxy) is 2. The van der Waals surface area contributed by atoms with Gasteiger partial charge in [-0.2, -0.15) is 0 Å². The van der Waals surface area contributed by atoms with Gasteiger partial charge in [-0.25, -0.2) is 4.79 Å². The van der Waals surface area contributed by atoms with Crippen LogP contribution in [0.1, 0.15) is 43.2 Å². The van der Waals surface area contributed by atoms with Crippen LogP contribution in [0.25, 0.3) is 22.0 Å². The summed E-state index contributed by atoms with van der Waals surface area (Å²) in [6.45, 7) is 11.8. The standard InChI is InChI=1S/C30H33N3O3/c1-19-11-8-9-12-23(19)22-15-25-24(13-10-14-31-25)27(16-22)33(29(34)36-30(4,5)6)18-26-21(3)28(35-7)20(2)17-32-26/h8-17H,18H2,1-7H3. The molecule has 6 nitrogen and oxygen atoms in total. The Balaban J connectivity index is 1.93. The normalized spacial score (nSPS) is 11.4. The van der Waals surface area contributed by atoms with Crippen LogP contribution in [0, 0.1) is 20.8 Å². The van der Waals surface area contributed by atoms with Gasteiger partial charge in [0.05, 0.1) is 30.6 Å². The van der Waals surface area contributed by atoms with Crippen molar-refractivity contribution in [3.05, 3.63) is 83.3 Å². The van der Waals surface area contributed by atoms with E-state index in [4.69, 9.17) is 9.47 Å². The van der Waals surface area contributed by atoms with E-state index in [1.807, 2.05) is 65.0 Å². The minimum Gasteiger partial charge on any atom is -0.496 e. The molecule has 0 spiro atoms. The van der Waals surface area contributed by atoms with Gasteiger partial charge in [0.25, 0.3) is 0 Å².